The lowest BCUT2D eigenvalue weighted by Crippen LogP contribution is -2.29. The Hall–Kier alpha value is -3.22. The van der Waals surface area contributed by atoms with E-state index in [1.807, 2.05) is 40.8 Å². The van der Waals surface area contributed by atoms with Gasteiger partial charge in [0.1, 0.15) is 12.1 Å². The molecule has 138 valence electrons. The van der Waals surface area contributed by atoms with Gasteiger partial charge in [-0.05, 0) is 38.5 Å². The number of nitrogens with two attached hydrogens (primary N) is 1. The standard InChI is InChI=1S/C20H22N6O/c1-13-9-14(2)26(24-13)17-7-8-25(11-17)20(27)16-5-3-15(4-6-16)18-10-19(21)23-12-22-18/h3-6,9-10,12,17H,7-8,11H2,1-2H3,(H2,21,22,23)/t17-/m1/s1. The number of likely N-dealkylation sites (tertiary alicyclic amines) is 1. The summed E-state index contributed by atoms with van der Waals surface area (Å²) in [5.41, 5.74) is 10.2. The van der Waals surface area contributed by atoms with E-state index >= 15 is 0 Å². The van der Waals surface area contributed by atoms with Crippen LogP contribution in [0.1, 0.15) is 34.2 Å². The summed E-state index contributed by atoms with van der Waals surface area (Å²) in [5, 5.41) is 4.57. The molecule has 0 radical (unpaired) electrons. The number of hydrogen-bond donors (Lipinski definition) is 1. The van der Waals surface area contributed by atoms with Crippen molar-refractivity contribution in [3.05, 3.63) is 59.7 Å². The number of aryl methyl sites for hydroxylation is 2. The van der Waals surface area contributed by atoms with Gasteiger partial charge in [0.2, 0.25) is 0 Å². The monoisotopic (exact) mass is 362 g/mol. The molecule has 1 aromatic carbocycles. The molecule has 7 nitrogen and oxygen atoms in total. The van der Waals surface area contributed by atoms with Gasteiger partial charge in [0.05, 0.1) is 17.4 Å². The Bertz CT molecular complexity index is 978. The first kappa shape index (κ1) is 17.2. The smallest absolute Gasteiger partial charge is 0.253 e. The van der Waals surface area contributed by atoms with Gasteiger partial charge in [0, 0.05) is 36.0 Å². The van der Waals surface area contributed by atoms with Crippen LogP contribution in [0.3, 0.4) is 0 Å². The van der Waals surface area contributed by atoms with Crippen LogP contribution < -0.4 is 5.73 Å². The van der Waals surface area contributed by atoms with Gasteiger partial charge in [-0.15, -0.1) is 0 Å². The van der Waals surface area contributed by atoms with Crippen LogP contribution in [-0.2, 0) is 0 Å². The highest BCUT2D eigenvalue weighted by Crippen LogP contribution is 2.25. The molecule has 0 bridgehead atoms. The topological polar surface area (TPSA) is 89.9 Å². The first-order valence-corrected chi connectivity index (χ1v) is 9.01. The third kappa shape index (κ3) is 3.40. The Morgan fingerprint density at radius 3 is 2.59 bits per heavy atom. The van der Waals surface area contributed by atoms with E-state index in [-0.39, 0.29) is 11.9 Å². The first-order valence-electron chi connectivity index (χ1n) is 9.01. The van der Waals surface area contributed by atoms with E-state index in [0.29, 0.717) is 17.9 Å². The summed E-state index contributed by atoms with van der Waals surface area (Å²) in [4.78, 5) is 22.9. The summed E-state index contributed by atoms with van der Waals surface area (Å²) in [6, 6.07) is 11.5. The van der Waals surface area contributed by atoms with E-state index in [1.165, 1.54) is 6.33 Å². The van der Waals surface area contributed by atoms with Crippen LogP contribution in [0.5, 0.6) is 0 Å². The minimum absolute atomic E-state index is 0.0489. The number of hydrogen-bond acceptors (Lipinski definition) is 5. The molecule has 1 saturated heterocycles. The van der Waals surface area contributed by atoms with E-state index in [9.17, 15) is 4.79 Å². The Kier molecular flexibility index (Phi) is 4.35. The van der Waals surface area contributed by atoms with Crippen molar-refractivity contribution in [2.45, 2.75) is 26.3 Å². The zero-order chi connectivity index (χ0) is 19.0. The number of nitrogens with zero attached hydrogens (tertiary/aromatic N) is 5. The predicted molar refractivity (Wildman–Crippen MR) is 103 cm³/mol. The van der Waals surface area contributed by atoms with Crippen molar-refractivity contribution in [2.75, 3.05) is 18.8 Å². The Morgan fingerprint density at radius 1 is 1.15 bits per heavy atom. The zero-order valence-electron chi connectivity index (χ0n) is 15.5. The fraction of sp³-hybridized carbons (Fsp3) is 0.300. The van der Waals surface area contributed by atoms with Crippen molar-refractivity contribution in [3.63, 3.8) is 0 Å². The summed E-state index contributed by atoms with van der Waals surface area (Å²) >= 11 is 0. The first-order chi connectivity index (χ1) is 13.0. The maximum atomic E-state index is 12.9. The van der Waals surface area contributed by atoms with Gasteiger partial charge in [-0.25, -0.2) is 9.97 Å². The molecule has 4 rings (SSSR count). The minimum atomic E-state index is 0.0489. The molecular formula is C20H22N6O. The molecule has 0 unspecified atom stereocenters. The fourth-order valence-corrected chi connectivity index (χ4v) is 3.64. The molecule has 27 heavy (non-hydrogen) atoms. The van der Waals surface area contributed by atoms with Crippen molar-refractivity contribution < 1.29 is 4.79 Å². The number of nitrogen functional groups attached to an aromatic ring is 1. The van der Waals surface area contributed by atoms with Gasteiger partial charge >= 0.3 is 0 Å². The average Bonchev–Trinajstić information content (AvgIpc) is 3.27. The van der Waals surface area contributed by atoms with Crippen molar-refractivity contribution in [1.29, 1.82) is 0 Å². The summed E-state index contributed by atoms with van der Waals surface area (Å²) in [6.45, 7) is 5.48. The second kappa shape index (κ2) is 6.83. The van der Waals surface area contributed by atoms with Crippen molar-refractivity contribution in [3.8, 4) is 11.3 Å². The van der Waals surface area contributed by atoms with Gasteiger partial charge in [-0.3, -0.25) is 9.48 Å². The normalized spacial score (nSPS) is 16.7. The number of carbonyl (C=O) groups excluding carboxylic acids is 1. The maximum Gasteiger partial charge on any atom is 0.253 e. The minimum Gasteiger partial charge on any atom is -0.384 e. The molecule has 2 N–H and O–H groups in total. The maximum absolute atomic E-state index is 12.9. The van der Waals surface area contributed by atoms with E-state index in [4.69, 9.17) is 5.73 Å². The molecular weight excluding hydrogens is 340 g/mol. The zero-order valence-corrected chi connectivity index (χ0v) is 15.5. The number of anilines is 1. The Morgan fingerprint density at radius 2 is 1.93 bits per heavy atom. The van der Waals surface area contributed by atoms with Crippen LogP contribution in [0.4, 0.5) is 5.82 Å². The third-order valence-electron chi connectivity index (χ3n) is 4.96. The largest absolute Gasteiger partial charge is 0.384 e. The quantitative estimate of drug-likeness (QED) is 0.773. The molecule has 0 aliphatic carbocycles. The highest BCUT2D eigenvalue weighted by atomic mass is 16.2. The highest BCUT2D eigenvalue weighted by molar-refractivity contribution is 5.94. The molecule has 1 aliphatic rings. The molecule has 0 spiro atoms. The van der Waals surface area contributed by atoms with Gasteiger partial charge in [0.25, 0.3) is 5.91 Å². The molecule has 0 saturated carbocycles. The van der Waals surface area contributed by atoms with Crippen LogP contribution in [0.15, 0.2) is 42.7 Å². The number of amides is 1. The number of carbonyl (C=O) groups is 1. The lowest BCUT2D eigenvalue weighted by atomic mass is 10.1. The van der Waals surface area contributed by atoms with Crippen molar-refractivity contribution >= 4 is 11.7 Å². The molecule has 2 aromatic heterocycles. The highest BCUT2D eigenvalue weighted by Gasteiger charge is 2.29. The third-order valence-corrected chi connectivity index (χ3v) is 4.96. The van der Waals surface area contributed by atoms with Gasteiger partial charge < -0.3 is 10.6 Å². The summed E-state index contributed by atoms with van der Waals surface area (Å²) in [6.07, 6.45) is 2.36. The van der Waals surface area contributed by atoms with E-state index < -0.39 is 0 Å². The molecule has 1 fully saturated rings. The molecule has 3 heterocycles. The lowest BCUT2D eigenvalue weighted by Gasteiger charge is -2.17. The van der Waals surface area contributed by atoms with Crippen LogP contribution in [0, 0.1) is 13.8 Å². The SMILES string of the molecule is Cc1cc(C)n([C@@H]2CCN(C(=O)c3ccc(-c4cc(N)ncn4)cc3)C2)n1. The second-order valence-corrected chi connectivity index (χ2v) is 6.97. The molecule has 1 aliphatic heterocycles. The molecule has 7 heteroatoms. The average molecular weight is 362 g/mol. The van der Waals surface area contributed by atoms with Crippen LogP contribution in [-0.4, -0.2) is 43.6 Å². The second-order valence-electron chi connectivity index (χ2n) is 6.97. The summed E-state index contributed by atoms with van der Waals surface area (Å²) in [7, 11) is 0. The molecule has 1 atom stereocenters. The number of aromatic nitrogens is 4. The van der Waals surface area contributed by atoms with Crippen molar-refractivity contribution in [2.24, 2.45) is 0 Å². The fourth-order valence-electron chi connectivity index (χ4n) is 3.64. The Labute approximate surface area is 157 Å². The van der Waals surface area contributed by atoms with Gasteiger partial charge in [0.15, 0.2) is 0 Å². The Balaban J connectivity index is 1.48. The lowest BCUT2D eigenvalue weighted by molar-refractivity contribution is 0.0787. The number of rotatable bonds is 3. The van der Waals surface area contributed by atoms with Gasteiger partial charge in [-0.1, -0.05) is 12.1 Å². The van der Waals surface area contributed by atoms with E-state index in [2.05, 4.69) is 28.1 Å². The summed E-state index contributed by atoms with van der Waals surface area (Å²) in [5.74, 6) is 0.472. The van der Waals surface area contributed by atoms with Crippen molar-refractivity contribution in [1.82, 2.24) is 24.6 Å². The molecule has 3 aromatic rings. The van der Waals surface area contributed by atoms with Crippen LogP contribution in [0.2, 0.25) is 0 Å². The van der Waals surface area contributed by atoms with E-state index in [0.717, 1.165) is 35.6 Å². The number of benzene rings is 1. The van der Waals surface area contributed by atoms with Crippen LogP contribution >= 0.6 is 0 Å². The predicted octanol–water partition coefficient (Wildman–Crippen LogP) is 2.63. The van der Waals surface area contributed by atoms with Gasteiger partial charge in [-0.2, -0.15) is 5.10 Å². The van der Waals surface area contributed by atoms with Crippen LogP contribution in [0.25, 0.3) is 11.3 Å². The summed E-state index contributed by atoms with van der Waals surface area (Å²) < 4.78 is 2.05. The van der Waals surface area contributed by atoms with E-state index in [1.54, 1.807) is 6.07 Å². The molecule has 1 amide bonds.